The van der Waals surface area contributed by atoms with Crippen LogP contribution < -0.4 is 5.32 Å². The molecule has 1 heterocycles. The van der Waals surface area contributed by atoms with Crippen LogP contribution in [0, 0.1) is 18.3 Å². The molecule has 0 bridgehead atoms. The van der Waals surface area contributed by atoms with Crippen molar-refractivity contribution >= 4 is 22.4 Å². The van der Waals surface area contributed by atoms with Crippen LogP contribution in [0.15, 0.2) is 65.2 Å². The number of hydrogen-bond acceptors (Lipinski definition) is 5. The molecule has 2 aliphatic carbocycles. The molecule has 1 unspecified atom stereocenters. The maximum absolute atomic E-state index is 11.1. The molecule has 1 atom stereocenters. The van der Waals surface area contributed by atoms with Crippen LogP contribution in [0.3, 0.4) is 0 Å². The molecule has 3 aromatic carbocycles. The highest BCUT2D eigenvalue weighted by Crippen LogP contribution is 2.59. The highest BCUT2D eigenvalue weighted by atomic mass is 16.5. The van der Waals surface area contributed by atoms with Crippen LogP contribution >= 0.6 is 0 Å². The van der Waals surface area contributed by atoms with Crippen molar-refractivity contribution in [2.45, 2.75) is 51.5 Å². The average molecular weight is 468 g/mol. The lowest BCUT2D eigenvalue weighted by Gasteiger charge is -2.57. The maximum atomic E-state index is 11.1. The van der Waals surface area contributed by atoms with E-state index in [1.807, 2.05) is 6.07 Å². The number of nitrogens with zero attached hydrogens (tertiary/aromatic N) is 2. The molecule has 35 heavy (non-hydrogen) atoms. The van der Waals surface area contributed by atoms with Crippen LogP contribution in [0.2, 0.25) is 0 Å². The Balaban J connectivity index is 1.18. The topological polar surface area (TPSA) is 88.2 Å². The Kier molecular flexibility index (Phi) is 5.13. The number of rotatable bonds is 6. The van der Waals surface area contributed by atoms with Crippen molar-refractivity contribution in [2.75, 3.05) is 5.32 Å². The molecule has 6 nitrogen and oxygen atoms in total. The van der Waals surface area contributed by atoms with Crippen molar-refractivity contribution in [3.05, 3.63) is 77.7 Å². The fraction of sp³-hybridized carbons (Fsp3) is 0.345. The molecule has 0 saturated heterocycles. The van der Waals surface area contributed by atoms with Gasteiger partial charge in [-0.3, -0.25) is 4.79 Å². The van der Waals surface area contributed by atoms with E-state index in [1.54, 1.807) is 0 Å². The minimum atomic E-state index is -0.649. The molecule has 2 N–H and O–H groups in total. The zero-order chi connectivity index (χ0) is 24.2. The van der Waals surface area contributed by atoms with E-state index in [9.17, 15) is 4.79 Å². The van der Waals surface area contributed by atoms with Crippen molar-refractivity contribution in [1.82, 2.24) is 10.1 Å². The first-order valence-corrected chi connectivity index (χ1v) is 12.3. The second kappa shape index (κ2) is 8.22. The van der Waals surface area contributed by atoms with Gasteiger partial charge in [0.15, 0.2) is 0 Å². The number of aliphatic carboxylic acids is 1. The van der Waals surface area contributed by atoms with Gasteiger partial charge in [0.25, 0.3) is 0 Å². The smallest absolute Gasteiger partial charge is 0.306 e. The number of carboxylic acid groups (broad SMARTS) is 1. The van der Waals surface area contributed by atoms with Crippen LogP contribution in [0.5, 0.6) is 0 Å². The van der Waals surface area contributed by atoms with Crippen LogP contribution in [-0.4, -0.2) is 27.3 Å². The predicted octanol–water partition coefficient (Wildman–Crippen LogP) is 6.41. The van der Waals surface area contributed by atoms with Crippen molar-refractivity contribution in [2.24, 2.45) is 11.3 Å². The van der Waals surface area contributed by atoms with Gasteiger partial charge in [-0.2, -0.15) is 4.98 Å². The Hall–Kier alpha value is -3.67. The summed E-state index contributed by atoms with van der Waals surface area (Å²) in [5.41, 5.74) is 4.50. The first-order chi connectivity index (χ1) is 16.9. The third kappa shape index (κ3) is 3.87. The molecule has 0 aliphatic heterocycles. The lowest BCUT2D eigenvalue weighted by molar-refractivity contribution is -0.154. The molecule has 1 aromatic heterocycles. The molecule has 0 radical (unpaired) electrons. The number of carbonyl (C=O) groups is 1. The average Bonchev–Trinajstić information content (AvgIpc) is 3.29. The summed E-state index contributed by atoms with van der Waals surface area (Å²) in [6, 6.07) is 21.3. The number of aryl methyl sites for hydroxylation is 1. The van der Waals surface area contributed by atoms with Crippen LogP contribution in [0.4, 0.5) is 5.69 Å². The van der Waals surface area contributed by atoms with Gasteiger partial charge >= 0.3 is 5.97 Å². The Bertz CT molecular complexity index is 1410. The predicted molar refractivity (Wildman–Crippen MR) is 135 cm³/mol. The quantitative estimate of drug-likeness (QED) is 0.341. The number of nitrogens with one attached hydrogen (secondary N) is 1. The summed E-state index contributed by atoms with van der Waals surface area (Å²) in [7, 11) is 0. The van der Waals surface area contributed by atoms with Gasteiger partial charge in [0, 0.05) is 17.3 Å². The van der Waals surface area contributed by atoms with E-state index in [2.05, 4.69) is 78.9 Å². The Morgan fingerprint density at radius 3 is 2.66 bits per heavy atom. The summed E-state index contributed by atoms with van der Waals surface area (Å²) in [4.78, 5) is 15.9. The van der Waals surface area contributed by atoms with Crippen molar-refractivity contribution in [3.8, 4) is 11.4 Å². The molecule has 2 saturated carbocycles. The highest BCUT2D eigenvalue weighted by Gasteiger charge is 2.54. The summed E-state index contributed by atoms with van der Waals surface area (Å²) in [5, 5.41) is 19.5. The zero-order valence-corrected chi connectivity index (χ0v) is 20.0. The minimum absolute atomic E-state index is 0.0211. The lowest BCUT2D eigenvalue weighted by atomic mass is 9.50. The number of anilines is 1. The van der Waals surface area contributed by atoms with E-state index in [0.29, 0.717) is 17.8 Å². The maximum Gasteiger partial charge on any atom is 0.306 e. The fourth-order valence-corrected chi connectivity index (χ4v) is 6.05. The molecule has 2 aliphatic rings. The largest absolute Gasteiger partial charge is 0.481 e. The molecule has 6 rings (SSSR count). The van der Waals surface area contributed by atoms with Crippen LogP contribution in [0.1, 0.15) is 55.5 Å². The third-order valence-electron chi connectivity index (χ3n) is 8.02. The van der Waals surface area contributed by atoms with E-state index in [1.165, 1.54) is 16.3 Å². The second-order valence-corrected chi connectivity index (χ2v) is 10.5. The standard InChI is InChI=1S/C29H29N3O3/c1-17-10-11-21(30-22-15-29(16-22)13-20(14-29)28(33)34)12-25(17)26-31-27(35-32-26)18(2)23-9-5-7-19-6-3-4-8-24(19)23/h3-12,18,20,22,30H,13-16H2,1-2H3,(H,33,34). The summed E-state index contributed by atoms with van der Waals surface area (Å²) in [5.74, 6) is 0.386. The molecule has 4 aromatic rings. The number of hydrogen-bond donors (Lipinski definition) is 2. The SMILES string of the molecule is Cc1ccc(NC2CC3(C2)CC(C(=O)O)C3)cc1-c1noc(C(C)c2cccc3ccccc23)n1. The normalized spacial score (nSPS) is 24.1. The van der Waals surface area contributed by atoms with Gasteiger partial charge in [0.2, 0.25) is 11.7 Å². The number of aromatic nitrogens is 2. The summed E-state index contributed by atoms with van der Waals surface area (Å²) < 4.78 is 5.74. The minimum Gasteiger partial charge on any atom is -0.481 e. The zero-order valence-electron chi connectivity index (χ0n) is 20.0. The van der Waals surface area contributed by atoms with Gasteiger partial charge in [0.05, 0.1) is 11.8 Å². The van der Waals surface area contributed by atoms with E-state index in [4.69, 9.17) is 14.6 Å². The van der Waals surface area contributed by atoms with Crippen molar-refractivity contribution in [3.63, 3.8) is 0 Å². The Labute approximate surface area is 204 Å². The van der Waals surface area contributed by atoms with Crippen molar-refractivity contribution in [1.29, 1.82) is 0 Å². The van der Waals surface area contributed by atoms with Gasteiger partial charge < -0.3 is 14.9 Å². The molecule has 1 spiro atoms. The van der Waals surface area contributed by atoms with Gasteiger partial charge in [-0.25, -0.2) is 0 Å². The van der Waals surface area contributed by atoms with Gasteiger partial charge in [-0.1, -0.05) is 53.7 Å². The lowest BCUT2D eigenvalue weighted by Crippen LogP contribution is -2.54. The van der Waals surface area contributed by atoms with Crippen LogP contribution in [-0.2, 0) is 4.79 Å². The Morgan fingerprint density at radius 2 is 1.86 bits per heavy atom. The first-order valence-electron chi connectivity index (χ1n) is 12.3. The van der Waals surface area contributed by atoms with E-state index in [-0.39, 0.29) is 17.3 Å². The monoisotopic (exact) mass is 467 g/mol. The molecular formula is C29H29N3O3. The van der Waals surface area contributed by atoms with E-state index >= 15 is 0 Å². The summed E-state index contributed by atoms with van der Waals surface area (Å²) in [6.07, 6.45) is 3.71. The highest BCUT2D eigenvalue weighted by molar-refractivity contribution is 5.86. The van der Waals surface area contributed by atoms with Crippen LogP contribution in [0.25, 0.3) is 22.2 Å². The van der Waals surface area contributed by atoms with Gasteiger partial charge in [-0.05, 0) is 79.0 Å². The number of benzene rings is 3. The van der Waals surface area contributed by atoms with Gasteiger partial charge in [0.1, 0.15) is 0 Å². The molecule has 178 valence electrons. The van der Waals surface area contributed by atoms with Gasteiger partial charge in [-0.15, -0.1) is 0 Å². The van der Waals surface area contributed by atoms with E-state index in [0.717, 1.165) is 42.5 Å². The Morgan fingerprint density at radius 1 is 1.09 bits per heavy atom. The first kappa shape index (κ1) is 21.8. The van der Waals surface area contributed by atoms with E-state index < -0.39 is 5.97 Å². The summed E-state index contributed by atoms with van der Waals surface area (Å²) in [6.45, 7) is 4.16. The molecule has 0 amide bonds. The summed E-state index contributed by atoms with van der Waals surface area (Å²) >= 11 is 0. The second-order valence-electron chi connectivity index (χ2n) is 10.5. The van der Waals surface area contributed by atoms with Crippen molar-refractivity contribution < 1.29 is 14.4 Å². The molecule has 6 heteroatoms. The number of carboxylic acids is 1. The molecule has 2 fully saturated rings. The number of fused-ring (bicyclic) bond motifs is 1. The fourth-order valence-electron chi connectivity index (χ4n) is 6.05. The molecular weight excluding hydrogens is 438 g/mol. The third-order valence-corrected chi connectivity index (χ3v) is 8.02.